The highest BCUT2D eigenvalue weighted by Gasteiger charge is 2.52. The molecule has 6 rings (SSSR count). The molecule has 0 unspecified atom stereocenters. The Morgan fingerprint density at radius 3 is 0.746 bits per heavy atom. The van der Waals surface area contributed by atoms with E-state index in [1.54, 1.807) is 12.4 Å². The van der Waals surface area contributed by atoms with Gasteiger partial charge >= 0.3 is 0 Å². The van der Waals surface area contributed by atoms with Crippen molar-refractivity contribution >= 4 is 28.0 Å². The zero-order chi connectivity index (χ0) is 44.2. The monoisotopic (exact) mass is 867 g/mol. The minimum absolute atomic E-state index is 0.200. The third kappa shape index (κ3) is 6.98. The van der Waals surface area contributed by atoms with Crippen molar-refractivity contribution in [2.45, 2.75) is 6.54 Å². The SMILES string of the molecule is Fc1c(F)c(F)c([B-](c2c(F)c(F)c(F)c(F)c2F)(c2c(F)c(F)c(F)c(F)c2F)c2c(F)c(F)c(F)c(F)c2F)c(F)c1F.Fc1cc[n+](Cc2ccccc2)cc1. The molecule has 1 nitrogen and oxygen atoms in total. The van der Waals surface area contributed by atoms with Gasteiger partial charge in [-0.1, -0.05) is 30.3 Å². The van der Waals surface area contributed by atoms with Crippen LogP contribution in [-0.2, 0) is 6.54 Å². The van der Waals surface area contributed by atoms with Crippen LogP contribution in [0.1, 0.15) is 5.56 Å². The van der Waals surface area contributed by atoms with Crippen molar-refractivity contribution < 1.29 is 96.8 Å². The highest BCUT2D eigenvalue weighted by Crippen LogP contribution is 2.30. The summed E-state index contributed by atoms with van der Waals surface area (Å²) in [5.41, 5.74) is -13.1. The summed E-state index contributed by atoms with van der Waals surface area (Å²) in [6.45, 7) is 0.779. The van der Waals surface area contributed by atoms with Gasteiger partial charge in [-0.15, -0.1) is 21.9 Å². The molecule has 0 aliphatic rings. The second-order valence-electron chi connectivity index (χ2n) is 12.0. The Hall–Kier alpha value is -6.16. The summed E-state index contributed by atoms with van der Waals surface area (Å²) in [6.07, 6.45) is -3.74. The van der Waals surface area contributed by atoms with Crippen LogP contribution in [0.5, 0.6) is 0 Å². The van der Waals surface area contributed by atoms with Gasteiger partial charge in [-0.2, -0.15) is 0 Å². The highest BCUT2D eigenvalue weighted by atomic mass is 19.2. The number of halogens is 21. The summed E-state index contributed by atoms with van der Waals surface area (Å²) < 4.78 is 309. The lowest BCUT2D eigenvalue weighted by atomic mass is 9.12. The molecule has 0 atom stereocenters. The second kappa shape index (κ2) is 16.2. The molecule has 0 N–H and O–H groups in total. The van der Waals surface area contributed by atoms with Crippen molar-refractivity contribution in [3.8, 4) is 0 Å². The fraction of sp³-hybridized carbons (Fsp3) is 0.0278. The van der Waals surface area contributed by atoms with Crippen molar-refractivity contribution in [3.05, 3.63) is 183 Å². The molecule has 1 aromatic heterocycles. The Bertz CT molecular complexity index is 2250. The van der Waals surface area contributed by atoms with Gasteiger partial charge in [0, 0.05) is 17.7 Å². The Labute approximate surface area is 314 Å². The molecule has 0 amide bonds. The van der Waals surface area contributed by atoms with Crippen LogP contribution in [-0.4, -0.2) is 6.15 Å². The molecule has 23 heteroatoms. The van der Waals surface area contributed by atoms with Gasteiger partial charge in [-0.05, 0) is 0 Å². The van der Waals surface area contributed by atoms with E-state index in [0.717, 1.165) is 6.54 Å². The van der Waals surface area contributed by atoms with Crippen LogP contribution in [0.2, 0.25) is 0 Å². The summed E-state index contributed by atoms with van der Waals surface area (Å²) in [4.78, 5) is 0. The van der Waals surface area contributed by atoms with E-state index in [1.807, 2.05) is 22.8 Å². The summed E-state index contributed by atoms with van der Waals surface area (Å²) in [5.74, 6) is -71.6. The van der Waals surface area contributed by atoms with Gasteiger partial charge in [0.25, 0.3) is 0 Å². The molecule has 59 heavy (non-hydrogen) atoms. The number of aromatic nitrogens is 1. The van der Waals surface area contributed by atoms with E-state index in [1.165, 1.54) is 17.7 Å². The van der Waals surface area contributed by atoms with Crippen molar-refractivity contribution in [2.75, 3.05) is 0 Å². The largest absolute Gasteiger partial charge is 0.207 e. The topological polar surface area (TPSA) is 3.88 Å². The quantitative estimate of drug-likeness (QED) is 0.0526. The van der Waals surface area contributed by atoms with Crippen LogP contribution in [0.3, 0.4) is 0 Å². The van der Waals surface area contributed by atoms with E-state index in [-0.39, 0.29) is 5.82 Å². The minimum Gasteiger partial charge on any atom is -0.207 e. The van der Waals surface area contributed by atoms with E-state index in [9.17, 15) is 57.1 Å². The standard InChI is InChI=1S/C24BF20.C12H11FN/c26-5-1(6(27)14(35)21(42)13(5)34)25(2-7(28)15(36)22(43)16(37)8(2)29,3-9(30)17(38)23(44)18(39)10(3)31)4-11(32)19(40)24(45)20(41)12(4)33;13-12-6-8-14(9-7-12)10-11-4-2-1-3-5-11/h;1-9H,10H2/q-1;+1. The minimum atomic E-state index is -7.22. The highest BCUT2D eigenvalue weighted by molar-refractivity contribution is 7.20. The van der Waals surface area contributed by atoms with Gasteiger partial charge in [0.2, 0.25) is 0 Å². The summed E-state index contributed by atoms with van der Waals surface area (Å²) in [5, 5.41) is 0. The smallest absolute Gasteiger partial charge is 0.200 e. The van der Waals surface area contributed by atoms with Crippen LogP contribution in [0, 0.1) is 122 Å². The summed E-state index contributed by atoms with van der Waals surface area (Å²) in [7, 11) is 0. The van der Waals surface area contributed by atoms with Crippen LogP contribution in [0.25, 0.3) is 0 Å². The predicted molar refractivity (Wildman–Crippen MR) is 161 cm³/mol. The maximum absolute atomic E-state index is 15.4. The second-order valence-corrected chi connectivity index (χ2v) is 12.0. The summed E-state index contributed by atoms with van der Waals surface area (Å²) in [6, 6.07) is 13.0. The van der Waals surface area contributed by atoms with E-state index < -0.39 is 144 Å². The molecular formula is C36H11BF21N. The van der Waals surface area contributed by atoms with E-state index in [2.05, 4.69) is 12.1 Å². The molecule has 0 aliphatic carbocycles. The molecule has 0 saturated carbocycles. The molecule has 0 saturated heterocycles. The number of rotatable bonds is 6. The van der Waals surface area contributed by atoms with Gasteiger partial charge < -0.3 is 0 Å². The molecular weight excluding hydrogens is 856 g/mol. The average molecular weight is 867 g/mol. The fourth-order valence-electron chi connectivity index (χ4n) is 6.21. The first-order valence-corrected chi connectivity index (χ1v) is 15.5. The Morgan fingerprint density at radius 1 is 0.288 bits per heavy atom. The lowest BCUT2D eigenvalue weighted by molar-refractivity contribution is -0.688. The number of nitrogens with zero attached hydrogens (tertiary/aromatic N) is 1. The van der Waals surface area contributed by atoms with Gasteiger partial charge in [0.1, 0.15) is 58.5 Å². The predicted octanol–water partition coefficient (Wildman–Crippen LogP) is 8.01. The number of hydrogen-bond acceptors (Lipinski definition) is 0. The first kappa shape index (κ1) is 44.0. The lowest BCUT2D eigenvalue weighted by Crippen LogP contribution is -2.81. The molecule has 0 bridgehead atoms. The first-order valence-electron chi connectivity index (χ1n) is 15.5. The molecule has 6 aromatic rings. The molecule has 0 radical (unpaired) electrons. The zero-order valence-corrected chi connectivity index (χ0v) is 27.9. The lowest BCUT2D eigenvalue weighted by Gasteiger charge is -2.44. The maximum atomic E-state index is 15.4. The molecule has 310 valence electrons. The third-order valence-corrected chi connectivity index (χ3v) is 8.77. The normalized spacial score (nSPS) is 11.5. The van der Waals surface area contributed by atoms with Crippen molar-refractivity contribution in [1.29, 1.82) is 0 Å². The fourth-order valence-corrected chi connectivity index (χ4v) is 6.21. The van der Waals surface area contributed by atoms with Crippen molar-refractivity contribution in [1.82, 2.24) is 0 Å². The Balaban J connectivity index is 0.000000395. The van der Waals surface area contributed by atoms with Crippen molar-refractivity contribution in [2.24, 2.45) is 0 Å². The van der Waals surface area contributed by atoms with Crippen LogP contribution < -0.4 is 26.4 Å². The summed E-state index contributed by atoms with van der Waals surface area (Å²) >= 11 is 0. The third-order valence-electron chi connectivity index (χ3n) is 8.77. The molecule has 5 aromatic carbocycles. The Kier molecular flexibility index (Phi) is 12.1. The van der Waals surface area contributed by atoms with Crippen LogP contribution >= 0.6 is 0 Å². The van der Waals surface area contributed by atoms with E-state index in [4.69, 9.17) is 0 Å². The van der Waals surface area contributed by atoms with Crippen LogP contribution in [0.4, 0.5) is 92.2 Å². The number of hydrogen-bond donors (Lipinski definition) is 0. The molecule has 0 aliphatic heterocycles. The Morgan fingerprint density at radius 2 is 0.508 bits per heavy atom. The van der Waals surface area contributed by atoms with Gasteiger partial charge in [-0.25, -0.2) is 96.8 Å². The molecule has 0 spiro atoms. The van der Waals surface area contributed by atoms with Crippen LogP contribution in [0.15, 0.2) is 54.9 Å². The van der Waals surface area contributed by atoms with Gasteiger partial charge in [0.15, 0.2) is 88.7 Å². The molecule has 1 heterocycles. The molecule has 0 fully saturated rings. The zero-order valence-electron chi connectivity index (χ0n) is 27.9. The number of benzene rings is 5. The van der Waals surface area contributed by atoms with E-state index >= 15 is 35.1 Å². The van der Waals surface area contributed by atoms with Gasteiger partial charge in [-0.3, -0.25) is 0 Å². The average Bonchev–Trinajstić information content (AvgIpc) is 3.22. The van der Waals surface area contributed by atoms with E-state index in [0.29, 0.717) is 0 Å². The first-order chi connectivity index (χ1) is 27.5. The van der Waals surface area contributed by atoms with Crippen molar-refractivity contribution in [3.63, 3.8) is 0 Å². The maximum Gasteiger partial charge on any atom is 0.200 e. The van der Waals surface area contributed by atoms with Gasteiger partial charge in [0.05, 0.1) is 0 Å². The number of pyridine rings is 1.